The Kier molecular flexibility index (Phi) is 6.12. The number of nitrogens with one attached hydrogen (secondary N) is 1. The molecule has 2 aromatic rings. The minimum Gasteiger partial charge on any atom is -0.497 e. The van der Waals surface area contributed by atoms with E-state index in [9.17, 15) is 9.59 Å². The molecule has 1 aliphatic rings. The predicted molar refractivity (Wildman–Crippen MR) is 106 cm³/mol. The van der Waals surface area contributed by atoms with Gasteiger partial charge >= 0.3 is 0 Å². The summed E-state index contributed by atoms with van der Waals surface area (Å²) in [5.41, 5.74) is 2.98. The number of amides is 2. The van der Waals surface area contributed by atoms with Gasteiger partial charge in [-0.3, -0.25) is 9.59 Å². The van der Waals surface area contributed by atoms with Crippen LogP contribution in [0.4, 0.5) is 5.69 Å². The Morgan fingerprint density at radius 2 is 1.67 bits per heavy atom. The smallest absolute Gasteiger partial charge is 0.227 e. The number of anilines is 1. The second-order valence-electron chi connectivity index (χ2n) is 7.04. The zero-order chi connectivity index (χ0) is 19.2. The lowest BCUT2D eigenvalue weighted by atomic mass is 9.95. The Balaban J connectivity index is 1.47. The molecule has 2 amide bonds. The summed E-state index contributed by atoms with van der Waals surface area (Å²) in [6, 6.07) is 15.4. The molecule has 5 heteroatoms. The molecule has 1 fully saturated rings. The van der Waals surface area contributed by atoms with E-state index in [1.54, 1.807) is 7.11 Å². The van der Waals surface area contributed by atoms with Crippen LogP contribution in [0.25, 0.3) is 0 Å². The highest BCUT2D eigenvalue weighted by Crippen LogP contribution is 2.21. The Morgan fingerprint density at radius 3 is 2.26 bits per heavy atom. The number of rotatable bonds is 5. The zero-order valence-corrected chi connectivity index (χ0v) is 15.9. The maximum absolute atomic E-state index is 12.5. The van der Waals surface area contributed by atoms with Gasteiger partial charge < -0.3 is 15.0 Å². The molecule has 27 heavy (non-hydrogen) atoms. The van der Waals surface area contributed by atoms with Gasteiger partial charge in [0.2, 0.25) is 11.8 Å². The van der Waals surface area contributed by atoms with Crippen molar-refractivity contribution in [3.63, 3.8) is 0 Å². The third kappa shape index (κ3) is 5.09. The van der Waals surface area contributed by atoms with E-state index in [1.807, 2.05) is 60.4 Å². The number of ether oxygens (including phenoxy) is 1. The van der Waals surface area contributed by atoms with Crippen molar-refractivity contribution >= 4 is 17.5 Å². The summed E-state index contributed by atoms with van der Waals surface area (Å²) in [5.74, 6) is 0.850. The molecule has 0 spiro atoms. The van der Waals surface area contributed by atoms with Crippen LogP contribution in [-0.4, -0.2) is 36.9 Å². The summed E-state index contributed by atoms with van der Waals surface area (Å²) in [4.78, 5) is 26.8. The van der Waals surface area contributed by atoms with E-state index in [0.29, 0.717) is 32.4 Å². The van der Waals surface area contributed by atoms with E-state index >= 15 is 0 Å². The molecule has 0 unspecified atom stereocenters. The first kappa shape index (κ1) is 19.0. The number of carbonyl (C=O) groups is 2. The molecule has 0 bridgehead atoms. The molecule has 0 radical (unpaired) electrons. The normalized spacial score (nSPS) is 14.7. The highest BCUT2D eigenvalue weighted by atomic mass is 16.5. The van der Waals surface area contributed by atoms with Gasteiger partial charge in [-0.05, 0) is 49.6 Å². The number of benzene rings is 2. The molecule has 1 N–H and O–H groups in total. The molecule has 1 heterocycles. The number of carbonyl (C=O) groups excluding carboxylic acids is 2. The maximum atomic E-state index is 12.5. The van der Waals surface area contributed by atoms with Crippen molar-refractivity contribution in [2.24, 2.45) is 5.92 Å². The third-order valence-corrected chi connectivity index (χ3v) is 5.05. The van der Waals surface area contributed by atoms with Crippen LogP contribution in [0.1, 0.15) is 24.0 Å². The Bertz CT molecular complexity index is 776. The van der Waals surface area contributed by atoms with E-state index in [-0.39, 0.29) is 17.7 Å². The van der Waals surface area contributed by atoms with Crippen molar-refractivity contribution in [1.29, 1.82) is 0 Å². The first-order valence-corrected chi connectivity index (χ1v) is 9.33. The fraction of sp³-hybridized carbons (Fsp3) is 0.364. The van der Waals surface area contributed by atoms with E-state index < -0.39 is 0 Å². The van der Waals surface area contributed by atoms with Crippen LogP contribution in [0.2, 0.25) is 0 Å². The molecule has 0 aromatic heterocycles. The number of piperidine rings is 1. The van der Waals surface area contributed by atoms with Crippen molar-refractivity contribution in [1.82, 2.24) is 4.90 Å². The van der Waals surface area contributed by atoms with Gasteiger partial charge in [0.15, 0.2) is 0 Å². The Hall–Kier alpha value is -2.82. The van der Waals surface area contributed by atoms with Gasteiger partial charge in [0.25, 0.3) is 0 Å². The summed E-state index contributed by atoms with van der Waals surface area (Å²) in [6.45, 7) is 3.30. The minimum atomic E-state index is -0.0597. The summed E-state index contributed by atoms with van der Waals surface area (Å²) in [7, 11) is 1.61. The molecule has 1 aliphatic heterocycles. The van der Waals surface area contributed by atoms with Crippen molar-refractivity contribution < 1.29 is 14.3 Å². The Morgan fingerprint density at radius 1 is 1.04 bits per heavy atom. The number of likely N-dealkylation sites (tertiary alicyclic amines) is 1. The Labute approximate surface area is 160 Å². The average molecular weight is 366 g/mol. The number of aryl methyl sites for hydroxylation is 1. The van der Waals surface area contributed by atoms with Crippen molar-refractivity contribution in [3.05, 3.63) is 59.7 Å². The quantitative estimate of drug-likeness (QED) is 0.882. The van der Waals surface area contributed by atoms with Gasteiger partial charge in [-0.1, -0.05) is 29.8 Å². The topological polar surface area (TPSA) is 58.6 Å². The molecular weight excluding hydrogens is 340 g/mol. The van der Waals surface area contributed by atoms with Crippen LogP contribution in [0.5, 0.6) is 5.75 Å². The predicted octanol–water partition coefficient (Wildman–Crippen LogP) is 3.42. The minimum absolute atomic E-state index is 0.0193. The largest absolute Gasteiger partial charge is 0.497 e. The molecule has 1 saturated heterocycles. The molecule has 0 saturated carbocycles. The third-order valence-electron chi connectivity index (χ3n) is 5.05. The molecular formula is C22H26N2O3. The van der Waals surface area contributed by atoms with E-state index in [1.165, 1.54) is 5.56 Å². The van der Waals surface area contributed by atoms with Gasteiger partial charge in [-0.15, -0.1) is 0 Å². The van der Waals surface area contributed by atoms with Gasteiger partial charge in [-0.25, -0.2) is 0 Å². The molecule has 3 rings (SSSR count). The van der Waals surface area contributed by atoms with E-state index in [4.69, 9.17) is 4.74 Å². The molecule has 142 valence electrons. The fourth-order valence-electron chi connectivity index (χ4n) is 3.30. The van der Waals surface area contributed by atoms with Gasteiger partial charge in [0.05, 0.1) is 13.5 Å². The zero-order valence-electron chi connectivity index (χ0n) is 15.9. The number of methoxy groups -OCH3 is 1. The monoisotopic (exact) mass is 366 g/mol. The highest BCUT2D eigenvalue weighted by Gasteiger charge is 2.27. The SMILES string of the molecule is COc1ccc(NC(=O)C2CCN(C(=O)Cc3ccc(C)cc3)CC2)cc1. The fourth-order valence-corrected chi connectivity index (χ4v) is 3.30. The summed E-state index contributed by atoms with van der Waals surface area (Å²) >= 11 is 0. The van der Waals surface area contributed by atoms with Crippen LogP contribution in [-0.2, 0) is 16.0 Å². The van der Waals surface area contributed by atoms with Gasteiger partial charge in [0, 0.05) is 24.7 Å². The number of hydrogen-bond acceptors (Lipinski definition) is 3. The van der Waals surface area contributed by atoms with Crippen molar-refractivity contribution in [3.8, 4) is 5.75 Å². The van der Waals surface area contributed by atoms with Gasteiger partial charge in [0.1, 0.15) is 5.75 Å². The van der Waals surface area contributed by atoms with E-state index in [0.717, 1.165) is 17.0 Å². The second kappa shape index (κ2) is 8.71. The lowest BCUT2D eigenvalue weighted by Gasteiger charge is -2.31. The van der Waals surface area contributed by atoms with Crippen LogP contribution in [0.3, 0.4) is 0 Å². The van der Waals surface area contributed by atoms with Crippen LogP contribution < -0.4 is 10.1 Å². The molecule has 0 aliphatic carbocycles. The standard InChI is InChI=1S/C22H26N2O3/c1-16-3-5-17(6-4-16)15-21(25)24-13-11-18(12-14-24)22(26)23-19-7-9-20(27-2)10-8-19/h3-10,18H,11-15H2,1-2H3,(H,23,26). The maximum Gasteiger partial charge on any atom is 0.227 e. The molecule has 5 nitrogen and oxygen atoms in total. The first-order chi connectivity index (χ1) is 13.0. The lowest BCUT2D eigenvalue weighted by Crippen LogP contribution is -2.42. The molecule has 0 atom stereocenters. The van der Waals surface area contributed by atoms with Crippen molar-refractivity contribution in [2.75, 3.05) is 25.5 Å². The lowest BCUT2D eigenvalue weighted by molar-refractivity contribution is -0.133. The van der Waals surface area contributed by atoms with Crippen LogP contribution in [0, 0.1) is 12.8 Å². The summed E-state index contributed by atoms with van der Waals surface area (Å²) in [6.07, 6.45) is 1.81. The number of nitrogens with zero attached hydrogens (tertiary/aromatic N) is 1. The van der Waals surface area contributed by atoms with Crippen LogP contribution in [0.15, 0.2) is 48.5 Å². The molecule has 2 aromatic carbocycles. The van der Waals surface area contributed by atoms with Gasteiger partial charge in [-0.2, -0.15) is 0 Å². The van der Waals surface area contributed by atoms with E-state index in [2.05, 4.69) is 5.32 Å². The summed E-state index contributed by atoms with van der Waals surface area (Å²) in [5, 5.41) is 2.95. The average Bonchev–Trinajstić information content (AvgIpc) is 2.70. The van der Waals surface area contributed by atoms with Crippen molar-refractivity contribution in [2.45, 2.75) is 26.2 Å². The number of hydrogen-bond donors (Lipinski definition) is 1. The highest BCUT2D eigenvalue weighted by molar-refractivity contribution is 5.92. The second-order valence-corrected chi connectivity index (χ2v) is 7.04. The van der Waals surface area contributed by atoms with Crippen LogP contribution >= 0.6 is 0 Å². The summed E-state index contributed by atoms with van der Waals surface area (Å²) < 4.78 is 5.12. The first-order valence-electron chi connectivity index (χ1n) is 9.33.